The fourth-order valence-electron chi connectivity index (χ4n) is 3.36. The topological polar surface area (TPSA) is 67.6 Å². The van der Waals surface area contributed by atoms with Gasteiger partial charge < -0.3 is 10.1 Å². The lowest BCUT2D eigenvalue weighted by Crippen LogP contribution is -2.47. The molecule has 23 heavy (non-hydrogen) atoms. The molecule has 0 amide bonds. The molecule has 2 aliphatic rings. The molecule has 1 aromatic heterocycles. The number of rotatable bonds is 4. The minimum absolute atomic E-state index is 0. The van der Waals surface area contributed by atoms with Gasteiger partial charge in [-0.2, -0.15) is 0 Å². The molecule has 9 heteroatoms. The second-order valence-electron chi connectivity index (χ2n) is 5.66. The Bertz CT molecular complexity index is 473. The normalized spacial score (nSPS) is 21.0. The minimum atomic E-state index is -0.285. The van der Waals surface area contributed by atoms with Crippen LogP contribution < -0.4 is 5.32 Å². The van der Waals surface area contributed by atoms with Gasteiger partial charge in [0.05, 0.1) is 4.92 Å². The van der Waals surface area contributed by atoms with Gasteiger partial charge in [0.15, 0.2) is 0 Å². The highest BCUT2D eigenvalue weighted by Gasteiger charge is 2.32. The molecule has 0 spiro atoms. The zero-order valence-electron chi connectivity index (χ0n) is 12.8. The van der Waals surface area contributed by atoms with Crippen LogP contribution in [0.5, 0.6) is 0 Å². The first kappa shape index (κ1) is 20.6. The van der Waals surface area contributed by atoms with Crippen LogP contribution in [0.25, 0.3) is 0 Å². The summed E-state index contributed by atoms with van der Waals surface area (Å²) in [6.07, 6.45) is 2.08. The number of piperazine rings is 1. The molecule has 1 N–H and O–H groups in total. The van der Waals surface area contributed by atoms with E-state index in [9.17, 15) is 10.1 Å². The van der Waals surface area contributed by atoms with Crippen molar-refractivity contribution in [3.05, 3.63) is 27.1 Å². The van der Waals surface area contributed by atoms with Gasteiger partial charge in [0.1, 0.15) is 0 Å². The van der Waals surface area contributed by atoms with Crippen molar-refractivity contribution in [2.45, 2.75) is 18.9 Å². The van der Waals surface area contributed by atoms with E-state index in [0.717, 1.165) is 57.8 Å². The molecule has 6 nitrogen and oxygen atoms in total. The quantitative estimate of drug-likeness (QED) is 0.639. The summed E-state index contributed by atoms with van der Waals surface area (Å²) in [4.78, 5) is 13.2. The first-order chi connectivity index (χ1) is 10.3. The number of hydrogen-bond donors (Lipinski definition) is 1. The lowest BCUT2D eigenvalue weighted by Gasteiger charge is -2.40. The molecule has 0 unspecified atom stereocenters. The van der Waals surface area contributed by atoms with Crippen molar-refractivity contribution >= 4 is 41.2 Å². The highest BCUT2D eigenvalue weighted by Crippen LogP contribution is 2.38. The van der Waals surface area contributed by atoms with Gasteiger partial charge in [0.25, 0.3) is 0 Å². The molecule has 0 aliphatic carbocycles. The van der Waals surface area contributed by atoms with Crippen molar-refractivity contribution < 1.29 is 9.66 Å². The van der Waals surface area contributed by atoms with Crippen molar-refractivity contribution in [3.8, 4) is 0 Å². The fraction of sp³-hybridized carbons (Fsp3) is 0.714. The standard InChI is InChI=1S/C14H21N3O3S.2ClH/c18-17(19)13-9-12(10-21-13)14(11-1-7-20-8-2-11)16-5-3-15-4-6-16;;/h9-11,14-15H,1-8H2;2*1H/t14-;;/m1../s1. The molecule has 0 radical (unpaired) electrons. The van der Waals surface area contributed by atoms with Crippen LogP contribution in [0.3, 0.4) is 0 Å². The molecule has 0 saturated carbocycles. The van der Waals surface area contributed by atoms with E-state index < -0.39 is 0 Å². The molecule has 3 rings (SSSR count). The smallest absolute Gasteiger partial charge is 0.324 e. The maximum Gasteiger partial charge on any atom is 0.324 e. The monoisotopic (exact) mass is 383 g/mol. The van der Waals surface area contributed by atoms with E-state index in [1.807, 2.05) is 5.38 Å². The average Bonchev–Trinajstić information content (AvgIpc) is 3.00. The van der Waals surface area contributed by atoms with E-state index in [0.29, 0.717) is 12.0 Å². The van der Waals surface area contributed by atoms with E-state index in [4.69, 9.17) is 4.74 Å². The minimum Gasteiger partial charge on any atom is -0.381 e. The predicted molar refractivity (Wildman–Crippen MR) is 96.2 cm³/mol. The third kappa shape index (κ3) is 5.01. The first-order valence-corrected chi connectivity index (χ1v) is 8.39. The third-order valence-corrected chi connectivity index (χ3v) is 5.28. The number of nitrogens with one attached hydrogen (secondary N) is 1. The maximum absolute atomic E-state index is 11.0. The lowest BCUT2D eigenvalue weighted by molar-refractivity contribution is -0.380. The van der Waals surface area contributed by atoms with Gasteiger partial charge in [0.2, 0.25) is 0 Å². The van der Waals surface area contributed by atoms with Crippen LogP contribution in [0.2, 0.25) is 0 Å². The third-order valence-electron chi connectivity index (χ3n) is 4.38. The molecule has 0 bridgehead atoms. The summed E-state index contributed by atoms with van der Waals surface area (Å²) in [7, 11) is 0. The number of hydrogen-bond acceptors (Lipinski definition) is 6. The van der Waals surface area contributed by atoms with Crippen molar-refractivity contribution in [2.24, 2.45) is 5.92 Å². The Hall–Kier alpha value is -0.440. The molecule has 2 saturated heterocycles. The van der Waals surface area contributed by atoms with Gasteiger partial charge in [-0.25, -0.2) is 0 Å². The molecule has 2 aliphatic heterocycles. The van der Waals surface area contributed by atoms with Gasteiger partial charge in [-0.1, -0.05) is 11.3 Å². The summed E-state index contributed by atoms with van der Waals surface area (Å²) >= 11 is 1.24. The Morgan fingerprint density at radius 3 is 2.52 bits per heavy atom. The number of halogens is 2. The Labute approximate surface area is 152 Å². The Morgan fingerprint density at radius 1 is 1.30 bits per heavy atom. The fourth-order valence-corrected chi connectivity index (χ4v) is 4.12. The van der Waals surface area contributed by atoms with Crippen LogP contribution in [0, 0.1) is 16.0 Å². The summed E-state index contributed by atoms with van der Waals surface area (Å²) < 4.78 is 5.48. The van der Waals surface area contributed by atoms with Crippen LogP contribution in [0.1, 0.15) is 24.4 Å². The van der Waals surface area contributed by atoms with Crippen LogP contribution in [-0.2, 0) is 4.74 Å². The second kappa shape index (κ2) is 9.76. The summed E-state index contributed by atoms with van der Waals surface area (Å²) in [6, 6.07) is 2.06. The van der Waals surface area contributed by atoms with Gasteiger partial charge in [-0.05, 0) is 24.3 Å². The zero-order valence-corrected chi connectivity index (χ0v) is 15.3. The number of nitrogens with zero attached hydrogens (tertiary/aromatic N) is 2. The number of ether oxygens (including phenoxy) is 1. The summed E-state index contributed by atoms with van der Waals surface area (Å²) in [5.41, 5.74) is 1.11. The van der Waals surface area contributed by atoms with E-state index in [1.54, 1.807) is 6.07 Å². The van der Waals surface area contributed by atoms with Gasteiger partial charge in [0, 0.05) is 56.9 Å². The zero-order chi connectivity index (χ0) is 14.7. The summed E-state index contributed by atoms with van der Waals surface area (Å²) in [5.74, 6) is 0.533. The molecule has 2 fully saturated rings. The molecule has 132 valence electrons. The Morgan fingerprint density at radius 2 is 1.96 bits per heavy atom. The predicted octanol–water partition coefficient (Wildman–Crippen LogP) is 2.87. The van der Waals surface area contributed by atoms with E-state index in [2.05, 4.69) is 10.2 Å². The Kier molecular flexibility index (Phi) is 8.74. The van der Waals surface area contributed by atoms with Crippen molar-refractivity contribution in [1.82, 2.24) is 10.2 Å². The maximum atomic E-state index is 11.0. The highest BCUT2D eigenvalue weighted by molar-refractivity contribution is 7.13. The van der Waals surface area contributed by atoms with Crippen molar-refractivity contribution in [1.29, 1.82) is 0 Å². The SMILES string of the molecule is Cl.Cl.O=[N+]([O-])c1cc([C@@H](C2CCOCC2)N2CCNCC2)cs1. The molecule has 1 atom stereocenters. The summed E-state index contributed by atoms with van der Waals surface area (Å²) in [5, 5.41) is 16.6. The first-order valence-electron chi connectivity index (χ1n) is 7.51. The molecular formula is C14H23Cl2N3O3S. The van der Waals surface area contributed by atoms with Crippen LogP contribution >= 0.6 is 36.2 Å². The van der Waals surface area contributed by atoms with Gasteiger partial charge in [-0.3, -0.25) is 15.0 Å². The van der Waals surface area contributed by atoms with Crippen LogP contribution in [0.15, 0.2) is 11.4 Å². The van der Waals surface area contributed by atoms with E-state index >= 15 is 0 Å². The largest absolute Gasteiger partial charge is 0.381 e. The van der Waals surface area contributed by atoms with E-state index in [1.165, 1.54) is 11.3 Å². The molecular weight excluding hydrogens is 361 g/mol. The molecule has 1 aromatic rings. The average molecular weight is 384 g/mol. The molecule has 0 aromatic carbocycles. The summed E-state index contributed by atoms with van der Waals surface area (Å²) in [6.45, 7) is 5.61. The highest BCUT2D eigenvalue weighted by atomic mass is 35.5. The van der Waals surface area contributed by atoms with Crippen LogP contribution in [0.4, 0.5) is 5.00 Å². The van der Waals surface area contributed by atoms with Gasteiger partial charge in [-0.15, -0.1) is 24.8 Å². The number of thiophene rings is 1. The molecule has 3 heterocycles. The van der Waals surface area contributed by atoms with Crippen molar-refractivity contribution in [3.63, 3.8) is 0 Å². The van der Waals surface area contributed by atoms with Gasteiger partial charge >= 0.3 is 5.00 Å². The number of nitro groups is 1. The van der Waals surface area contributed by atoms with E-state index in [-0.39, 0.29) is 34.7 Å². The Balaban J connectivity index is 0.00000132. The van der Waals surface area contributed by atoms with Crippen LogP contribution in [-0.4, -0.2) is 49.2 Å². The lowest BCUT2D eigenvalue weighted by atomic mass is 9.86. The second-order valence-corrected chi connectivity index (χ2v) is 6.55. The van der Waals surface area contributed by atoms with Crippen molar-refractivity contribution in [2.75, 3.05) is 39.4 Å².